The number of amides is 1. The molecular formula is C20H23NO2S. The summed E-state index contributed by atoms with van der Waals surface area (Å²) in [4.78, 5) is 12.1. The van der Waals surface area contributed by atoms with Crippen LogP contribution in [0.1, 0.15) is 34.3 Å². The number of thioether (sulfide) groups is 1. The van der Waals surface area contributed by atoms with Gasteiger partial charge in [-0.05, 0) is 36.1 Å². The van der Waals surface area contributed by atoms with Gasteiger partial charge in [0.25, 0.3) is 5.91 Å². The molecule has 1 fully saturated rings. The van der Waals surface area contributed by atoms with Crippen molar-refractivity contribution in [3.63, 3.8) is 0 Å². The summed E-state index contributed by atoms with van der Waals surface area (Å²) in [6.07, 6.45) is 2.32. The van der Waals surface area contributed by atoms with Crippen LogP contribution in [0.3, 0.4) is 0 Å². The Kier molecular flexibility index (Phi) is 6.33. The number of ether oxygens (including phenoxy) is 1. The summed E-state index contributed by atoms with van der Waals surface area (Å²) < 4.78 is 5.52. The van der Waals surface area contributed by atoms with Crippen molar-refractivity contribution < 1.29 is 9.53 Å². The van der Waals surface area contributed by atoms with Crippen LogP contribution < -0.4 is 5.32 Å². The fraction of sp³-hybridized carbons (Fsp3) is 0.350. The fourth-order valence-electron chi connectivity index (χ4n) is 2.73. The van der Waals surface area contributed by atoms with Crippen molar-refractivity contribution in [1.82, 2.24) is 5.32 Å². The van der Waals surface area contributed by atoms with Gasteiger partial charge < -0.3 is 10.1 Å². The molecule has 0 spiro atoms. The average Bonchev–Trinajstić information content (AvgIpc) is 3.15. The highest BCUT2D eigenvalue weighted by molar-refractivity contribution is 7.97. The Morgan fingerprint density at radius 2 is 1.75 bits per heavy atom. The molecule has 0 unspecified atom stereocenters. The van der Waals surface area contributed by atoms with Gasteiger partial charge in [-0.3, -0.25) is 4.79 Å². The van der Waals surface area contributed by atoms with Gasteiger partial charge in [0.2, 0.25) is 0 Å². The molecule has 0 saturated carbocycles. The lowest BCUT2D eigenvalue weighted by Gasteiger charge is -2.11. The first-order valence-electron chi connectivity index (χ1n) is 8.42. The number of hydrogen-bond donors (Lipinski definition) is 1. The summed E-state index contributed by atoms with van der Waals surface area (Å²) in [5, 5.41) is 2.96. The topological polar surface area (TPSA) is 38.3 Å². The van der Waals surface area contributed by atoms with Crippen LogP contribution in [0.2, 0.25) is 0 Å². The highest BCUT2D eigenvalue weighted by Crippen LogP contribution is 2.18. The molecule has 0 radical (unpaired) electrons. The smallest absolute Gasteiger partial charge is 0.251 e. The first-order chi connectivity index (χ1) is 11.8. The molecule has 0 bridgehead atoms. The van der Waals surface area contributed by atoms with E-state index in [1.807, 2.05) is 42.1 Å². The van der Waals surface area contributed by atoms with Crippen LogP contribution in [0.25, 0.3) is 0 Å². The minimum atomic E-state index is -0.0195. The summed E-state index contributed by atoms with van der Waals surface area (Å²) in [5.41, 5.74) is 3.30. The molecule has 24 heavy (non-hydrogen) atoms. The normalized spacial score (nSPS) is 16.9. The molecule has 1 saturated heterocycles. The number of benzene rings is 2. The van der Waals surface area contributed by atoms with E-state index in [-0.39, 0.29) is 12.0 Å². The number of rotatable bonds is 7. The summed E-state index contributed by atoms with van der Waals surface area (Å²) in [7, 11) is 0. The van der Waals surface area contributed by atoms with E-state index in [1.54, 1.807) is 0 Å². The molecule has 1 atom stereocenters. The maximum Gasteiger partial charge on any atom is 0.251 e. The van der Waals surface area contributed by atoms with Crippen LogP contribution in [0, 0.1) is 0 Å². The van der Waals surface area contributed by atoms with Crippen molar-refractivity contribution in [2.45, 2.75) is 30.5 Å². The van der Waals surface area contributed by atoms with Crippen molar-refractivity contribution in [3.05, 3.63) is 71.3 Å². The van der Waals surface area contributed by atoms with Crippen LogP contribution >= 0.6 is 11.8 Å². The second-order valence-electron chi connectivity index (χ2n) is 6.02. The van der Waals surface area contributed by atoms with Crippen molar-refractivity contribution >= 4 is 17.7 Å². The molecule has 126 valence electrons. The number of carbonyl (C=O) groups is 1. The average molecular weight is 341 g/mol. The zero-order valence-corrected chi connectivity index (χ0v) is 14.6. The van der Waals surface area contributed by atoms with Gasteiger partial charge in [0.05, 0.1) is 6.10 Å². The van der Waals surface area contributed by atoms with E-state index in [4.69, 9.17) is 4.74 Å². The van der Waals surface area contributed by atoms with E-state index >= 15 is 0 Å². The summed E-state index contributed by atoms with van der Waals surface area (Å²) in [6.45, 7) is 1.42. The van der Waals surface area contributed by atoms with Gasteiger partial charge in [-0.25, -0.2) is 0 Å². The van der Waals surface area contributed by atoms with Gasteiger partial charge in [-0.2, -0.15) is 11.8 Å². The molecule has 1 heterocycles. The van der Waals surface area contributed by atoms with E-state index in [2.05, 4.69) is 29.6 Å². The molecule has 3 nitrogen and oxygen atoms in total. The molecule has 1 aliphatic rings. The predicted octanol–water partition coefficient (Wildman–Crippen LogP) is 4.03. The molecule has 0 aliphatic carbocycles. The lowest BCUT2D eigenvalue weighted by molar-refractivity contribution is 0.0858. The van der Waals surface area contributed by atoms with Gasteiger partial charge in [0, 0.05) is 30.2 Å². The monoisotopic (exact) mass is 341 g/mol. The predicted molar refractivity (Wildman–Crippen MR) is 99.2 cm³/mol. The second-order valence-corrected chi connectivity index (χ2v) is 7.01. The van der Waals surface area contributed by atoms with Crippen LogP contribution in [0.15, 0.2) is 54.6 Å². The first-order valence-corrected chi connectivity index (χ1v) is 9.57. The van der Waals surface area contributed by atoms with Gasteiger partial charge in [-0.15, -0.1) is 0 Å². The largest absolute Gasteiger partial charge is 0.376 e. The lowest BCUT2D eigenvalue weighted by atomic mass is 10.1. The molecule has 3 rings (SSSR count). The zero-order chi connectivity index (χ0) is 16.6. The van der Waals surface area contributed by atoms with Gasteiger partial charge in [0.1, 0.15) is 0 Å². The van der Waals surface area contributed by atoms with Crippen molar-refractivity contribution in [2.75, 3.05) is 13.2 Å². The van der Waals surface area contributed by atoms with Crippen LogP contribution in [0.5, 0.6) is 0 Å². The van der Waals surface area contributed by atoms with E-state index < -0.39 is 0 Å². The third-order valence-corrected chi connectivity index (χ3v) is 5.19. The summed E-state index contributed by atoms with van der Waals surface area (Å²) in [6, 6.07) is 18.4. The maximum absolute atomic E-state index is 12.1. The van der Waals surface area contributed by atoms with Crippen molar-refractivity contribution in [2.24, 2.45) is 0 Å². The summed E-state index contributed by atoms with van der Waals surface area (Å²) in [5.74, 6) is 1.94. The standard InChI is InChI=1S/C20H23NO2S/c22-20(21-13-19-7-4-12-23-19)18-10-8-17(9-11-18)15-24-14-16-5-2-1-3-6-16/h1-3,5-6,8-11,19H,4,7,12-15H2,(H,21,22)/t19-/m0/s1. The Bertz CT molecular complexity index is 636. The highest BCUT2D eigenvalue weighted by atomic mass is 32.2. The van der Waals surface area contributed by atoms with E-state index in [1.165, 1.54) is 11.1 Å². The Hall–Kier alpha value is -1.78. The van der Waals surface area contributed by atoms with Crippen LogP contribution in [-0.4, -0.2) is 25.2 Å². The fourth-order valence-corrected chi connectivity index (χ4v) is 3.69. The van der Waals surface area contributed by atoms with Gasteiger partial charge in [-0.1, -0.05) is 42.5 Å². The third kappa shape index (κ3) is 5.11. The molecule has 1 amide bonds. The Balaban J connectivity index is 1.43. The molecule has 0 aromatic heterocycles. The van der Waals surface area contributed by atoms with Crippen LogP contribution in [0.4, 0.5) is 0 Å². The maximum atomic E-state index is 12.1. The second kappa shape index (κ2) is 8.90. The quantitative estimate of drug-likeness (QED) is 0.826. The SMILES string of the molecule is O=C(NC[C@@H]1CCCO1)c1ccc(CSCc2ccccc2)cc1. The van der Waals surface area contributed by atoms with Crippen molar-refractivity contribution in [3.8, 4) is 0 Å². The zero-order valence-electron chi connectivity index (χ0n) is 13.7. The minimum absolute atomic E-state index is 0.0195. The number of hydrogen-bond acceptors (Lipinski definition) is 3. The van der Waals surface area contributed by atoms with Gasteiger partial charge in [0.15, 0.2) is 0 Å². The lowest BCUT2D eigenvalue weighted by Crippen LogP contribution is -2.31. The molecule has 4 heteroatoms. The van der Waals surface area contributed by atoms with E-state index in [0.717, 1.165) is 31.0 Å². The van der Waals surface area contributed by atoms with E-state index in [9.17, 15) is 4.79 Å². The summed E-state index contributed by atoms with van der Waals surface area (Å²) >= 11 is 1.88. The Morgan fingerprint density at radius 3 is 2.42 bits per heavy atom. The Morgan fingerprint density at radius 1 is 1.04 bits per heavy atom. The molecule has 1 aliphatic heterocycles. The van der Waals surface area contributed by atoms with Crippen LogP contribution in [-0.2, 0) is 16.2 Å². The minimum Gasteiger partial charge on any atom is -0.376 e. The first kappa shape index (κ1) is 17.1. The van der Waals surface area contributed by atoms with E-state index in [0.29, 0.717) is 12.1 Å². The number of carbonyl (C=O) groups excluding carboxylic acids is 1. The Labute approximate surface area is 147 Å². The highest BCUT2D eigenvalue weighted by Gasteiger charge is 2.16. The molecule has 2 aromatic carbocycles. The van der Waals surface area contributed by atoms with Gasteiger partial charge >= 0.3 is 0 Å². The third-order valence-electron chi connectivity index (χ3n) is 4.11. The number of nitrogens with one attached hydrogen (secondary N) is 1. The molecular weight excluding hydrogens is 318 g/mol. The molecule has 2 aromatic rings. The van der Waals surface area contributed by atoms with Crippen molar-refractivity contribution in [1.29, 1.82) is 0 Å². The molecule has 1 N–H and O–H groups in total.